The number of carboxylic acid groups (broad SMARTS) is 1. The number of aryl methyl sites for hydroxylation is 2. The van der Waals surface area contributed by atoms with E-state index in [1.165, 1.54) is 0 Å². The van der Waals surface area contributed by atoms with E-state index in [0.29, 0.717) is 30.8 Å². The van der Waals surface area contributed by atoms with Crippen molar-refractivity contribution in [2.45, 2.75) is 26.7 Å². The summed E-state index contributed by atoms with van der Waals surface area (Å²) in [6.45, 7) is 4.57. The topological polar surface area (TPSA) is 75.4 Å². The fourth-order valence-corrected chi connectivity index (χ4v) is 2.60. The summed E-state index contributed by atoms with van der Waals surface area (Å²) in [5, 5.41) is 13.3. The normalized spacial score (nSPS) is 19.5. The van der Waals surface area contributed by atoms with Gasteiger partial charge in [0.05, 0.1) is 17.2 Å². The third kappa shape index (κ3) is 2.47. The molecule has 19 heavy (non-hydrogen) atoms. The molecule has 0 radical (unpaired) electrons. The van der Waals surface area contributed by atoms with E-state index in [1.807, 2.05) is 6.92 Å². The fourth-order valence-electron chi connectivity index (χ4n) is 2.60. The lowest BCUT2D eigenvalue weighted by atomic mass is 9.97. The Morgan fingerprint density at radius 2 is 2.05 bits per heavy atom. The highest BCUT2D eigenvalue weighted by Crippen LogP contribution is 2.21. The molecule has 0 aliphatic carbocycles. The maximum absolute atomic E-state index is 12.5. The number of amides is 1. The van der Waals surface area contributed by atoms with Crippen LogP contribution in [0.4, 0.5) is 0 Å². The molecular formula is C13H19N3O3. The minimum Gasteiger partial charge on any atom is -0.481 e. The predicted molar refractivity (Wildman–Crippen MR) is 68.9 cm³/mol. The van der Waals surface area contributed by atoms with Crippen LogP contribution < -0.4 is 0 Å². The van der Waals surface area contributed by atoms with Gasteiger partial charge in [-0.3, -0.25) is 14.3 Å². The van der Waals surface area contributed by atoms with Gasteiger partial charge in [-0.1, -0.05) is 0 Å². The summed E-state index contributed by atoms with van der Waals surface area (Å²) >= 11 is 0. The number of nitrogens with zero attached hydrogens (tertiary/aromatic N) is 3. The number of rotatable bonds is 2. The first kappa shape index (κ1) is 13.6. The first-order chi connectivity index (χ1) is 8.91. The van der Waals surface area contributed by atoms with Gasteiger partial charge in [0.1, 0.15) is 0 Å². The number of hydrogen-bond donors (Lipinski definition) is 1. The number of aliphatic carboxylic acids is 1. The van der Waals surface area contributed by atoms with Gasteiger partial charge in [-0.2, -0.15) is 5.10 Å². The molecule has 1 aromatic heterocycles. The molecule has 0 spiro atoms. The van der Waals surface area contributed by atoms with Gasteiger partial charge < -0.3 is 10.0 Å². The molecule has 6 nitrogen and oxygen atoms in total. The molecule has 0 saturated carbocycles. The molecule has 1 saturated heterocycles. The number of carbonyl (C=O) groups excluding carboxylic acids is 1. The van der Waals surface area contributed by atoms with Gasteiger partial charge in [0.2, 0.25) is 0 Å². The van der Waals surface area contributed by atoms with Crippen LogP contribution in [-0.2, 0) is 11.8 Å². The van der Waals surface area contributed by atoms with Crippen molar-refractivity contribution in [2.24, 2.45) is 13.0 Å². The van der Waals surface area contributed by atoms with Crippen LogP contribution in [0.5, 0.6) is 0 Å². The highest BCUT2D eigenvalue weighted by atomic mass is 16.4. The van der Waals surface area contributed by atoms with Crippen molar-refractivity contribution in [2.75, 3.05) is 13.1 Å². The first-order valence-electron chi connectivity index (χ1n) is 6.44. The van der Waals surface area contributed by atoms with Crippen LogP contribution in [0.3, 0.4) is 0 Å². The molecule has 1 atom stereocenters. The third-order valence-electron chi connectivity index (χ3n) is 3.78. The Bertz CT molecular complexity index is 521. The van der Waals surface area contributed by atoms with E-state index in [-0.39, 0.29) is 5.91 Å². The molecule has 1 N–H and O–H groups in total. The van der Waals surface area contributed by atoms with Gasteiger partial charge in [-0.05, 0) is 26.7 Å². The van der Waals surface area contributed by atoms with Crippen LogP contribution in [-0.4, -0.2) is 44.8 Å². The van der Waals surface area contributed by atoms with Gasteiger partial charge in [0, 0.05) is 25.8 Å². The summed E-state index contributed by atoms with van der Waals surface area (Å²) in [7, 11) is 1.80. The summed E-state index contributed by atoms with van der Waals surface area (Å²) in [4.78, 5) is 25.2. The first-order valence-corrected chi connectivity index (χ1v) is 6.44. The zero-order valence-electron chi connectivity index (χ0n) is 11.5. The zero-order valence-corrected chi connectivity index (χ0v) is 11.5. The van der Waals surface area contributed by atoms with Crippen LogP contribution in [0.15, 0.2) is 0 Å². The Kier molecular flexibility index (Phi) is 3.59. The Hall–Kier alpha value is -1.85. The van der Waals surface area contributed by atoms with Crippen LogP contribution in [0.25, 0.3) is 0 Å². The quantitative estimate of drug-likeness (QED) is 0.864. The maximum Gasteiger partial charge on any atom is 0.308 e. The molecule has 104 valence electrons. The van der Waals surface area contributed by atoms with Crippen LogP contribution in [0.1, 0.15) is 34.6 Å². The molecule has 1 aromatic rings. The van der Waals surface area contributed by atoms with Crippen LogP contribution >= 0.6 is 0 Å². The van der Waals surface area contributed by atoms with Crippen LogP contribution in [0, 0.1) is 19.8 Å². The summed E-state index contributed by atoms with van der Waals surface area (Å²) in [6.07, 6.45) is 1.38. The lowest BCUT2D eigenvalue weighted by Crippen LogP contribution is -2.42. The summed E-state index contributed by atoms with van der Waals surface area (Å²) < 4.78 is 1.68. The molecule has 1 amide bonds. The second kappa shape index (κ2) is 5.03. The number of piperidine rings is 1. The van der Waals surface area contributed by atoms with Gasteiger partial charge in [-0.15, -0.1) is 0 Å². The predicted octanol–water partition coefficient (Wildman–Crippen LogP) is 0.974. The van der Waals surface area contributed by atoms with Gasteiger partial charge in [0.15, 0.2) is 0 Å². The smallest absolute Gasteiger partial charge is 0.308 e. The van der Waals surface area contributed by atoms with Crippen molar-refractivity contribution in [1.29, 1.82) is 0 Å². The van der Waals surface area contributed by atoms with Crippen molar-refractivity contribution in [3.05, 3.63) is 17.0 Å². The average Bonchev–Trinajstić information content (AvgIpc) is 2.62. The monoisotopic (exact) mass is 265 g/mol. The minimum absolute atomic E-state index is 0.103. The van der Waals surface area contributed by atoms with Crippen molar-refractivity contribution < 1.29 is 14.7 Å². The molecule has 1 aliphatic heterocycles. The molecule has 0 unspecified atom stereocenters. The fraction of sp³-hybridized carbons (Fsp3) is 0.615. The standard InChI is InChI=1S/C13H19N3O3/c1-8-11(9(2)15(3)14-8)12(17)16-6-4-5-10(7-16)13(18)19/h10H,4-7H2,1-3H3,(H,18,19)/t10-/m0/s1. The van der Waals surface area contributed by atoms with Gasteiger partial charge >= 0.3 is 5.97 Å². The van der Waals surface area contributed by atoms with Gasteiger partial charge in [-0.25, -0.2) is 0 Å². The Morgan fingerprint density at radius 1 is 1.37 bits per heavy atom. The van der Waals surface area contributed by atoms with Crippen molar-refractivity contribution >= 4 is 11.9 Å². The molecule has 2 heterocycles. The molecule has 0 bridgehead atoms. The lowest BCUT2D eigenvalue weighted by molar-refractivity contribution is -0.143. The molecule has 0 aromatic carbocycles. The van der Waals surface area contributed by atoms with E-state index in [1.54, 1.807) is 23.6 Å². The van der Waals surface area contributed by atoms with Crippen molar-refractivity contribution in [3.63, 3.8) is 0 Å². The molecule has 2 rings (SSSR count). The second-order valence-electron chi connectivity index (χ2n) is 5.10. The van der Waals surface area contributed by atoms with Gasteiger partial charge in [0.25, 0.3) is 5.91 Å². The highest BCUT2D eigenvalue weighted by molar-refractivity contribution is 5.96. The summed E-state index contributed by atoms with van der Waals surface area (Å²) in [6, 6.07) is 0. The lowest BCUT2D eigenvalue weighted by Gasteiger charge is -2.30. The Balaban J connectivity index is 2.22. The van der Waals surface area contributed by atoms with E-state index in [4.69, 9.17) is 5.11 Å². The molecule has 6 heteroatoms. The number of likely N-dealkylation sites (tertiary alicyclic amines) is 1. The number of hydrogen-bond acceptors (Lipinski definition) is 3. The van der Waals surface area contributed by atoms with E-state index in [9.17, 15) is 9.59 Å². The summed E-state index contributed by atoms with van der Waals surface area (Å²) in [5.74, 6) is -1.37. The van der Waals surface area contributed by atoms with E-state index in [2.05, 4.69) is 5.10 Å². The average molecular weight is 265 g/mol. The third-order valence-corrected chi connectivity index (χ3v) is 3.78. The molecular weight excluding hydrogens is 246 g/mol. The maximum atomic E-state index is 12.5. The van der Waals surface area contributed by atoms with Crippen LogP contribution in [0.2, 0.25) is 0 Å². The Labute approximate surface area is 112 Å². The SMILES string of the molecule is Cc1nn(C)c(C)c1C(=O)N1CCC[C@H](C(=O)O)C1. The van der Waals surface area contributed by atoms with E-state index < -0.39 is 11.9 Å². The number of carboxylic acids is 1. The van der Waals surface area contributed by atoms with E-state index >= 15 is 0 Å². The molecule has 1 aliphatic rings. The van der Waals surface area contributed by atoms with Crippen molar-refractivity contribution in [3.8, 4) is 0 Å². The van der Waals surface area contributed by atoms with E-state index in [0.717, 1.165) is 12.1 Å². The Morgan fingerprint density at radius 3 is 2.58 bits per heavy atom. The van der Waals surface area contributed by atoms with Crippen molar-refractivity contribution in [1.82, 2.24) is 14.7 Å². The minimum atomic E-state index is -0.822. The summed E-state index contributed by atoms with van der Waals surface area (Å²) in [5.41, 5.74) is 2.12. The number of aromatic nitrogens is 2. The highest BCUT2D eigenvalue weighted by Gasteiger charge is 2.30. The number of carbonyl (C=O) groups is 2. The molecule has 1 fully saturated rings. The second-order valence-corrected chi connectivity index (χ2v) is 5.10. The zero-order chi connectivity index (χ0) is 14.2. The largest absolute Gasteiger partial charge is 0.481 e.